The SMILES string of the molecule is COCCNC(=O)c1ccc(NC(=O)c2cc(-c3cccs3)nc3ccccc23)cc1Cl. The summed E-state index contributed by atoms with van der Waals surface area (Å²) in [5.74, 6) is -0.583. The van der Waals surface area contributed by atoms with Gasteiger partial charge in [-0.1, -0.05) is 35.9 Å². The van der Waals surface area contributed by atoms with Crippen LogP contribution in [0, 0.1) is 0 Å². The average Bonchev–Trinajstić information content (AvgIpc) is 3.33. The van der Waals surface area contributed by atoms with Crippen molar-refractivity contribution in [2.75, 3.05) is 25.6 Å². The van der Waals surface area contributed by atoms with Crippen LogP contribution in [-0.4, -0.2) is 37.1 Å². The number of para-hydroxylation sites is 1. The highest BCUT2D eigenvalue weighted by molar-refractivity contribution is 7.13. The maximum Gasteiger partial charge on any atom is 0.256 e. The van der Waals surface area contributed by atoms with Crippen molar-refractivity contribution in [1.29, 1.82) is 0 Å². The van der Waals surface area contributed by atoms with E-state index in [9.17, 15) is 9.59 Å². The minimum Gasteiger partial charge on any atom is -0.383 e. The highest BCUT2D eigenvalue weighted by Crippen LogP contribution is 2.29. The molecular formula is C24H20ClN3O3S. The predicted molar refractivity (Wildman–Crippen MR) is 129 cm³/mol. The Kier molecular flexibility index (Phi) is 6.80. The average molecular weight is 466 g/mol. The lowest BCUT2D eigenvalue weighted by atomic mass is 10.1. The van der Waals surface area contributed by atoms with E-state index in [4.69, 9.17) is 21.3 Å². The number of ether oxygens (including phenoxy) is 1. The number of carbonyl (C=O) groups is 2. The van der Waals surface area contributed by atoms with E-state index < -0.39 is 0 Å². The van der Waals surface area contributed by atoms with Crippen molar-refractivity contribution in [3.63, 3.8) is 0 Å². The second-order valence-electron chi connectivity index (χ2n) is 6.95. The smallest absolute Gasteiger partial charge is 0.256 e. The topological polar surface area (TPSA) is 80.3 Å². The molecule has 32 heavy (non-hydrogen) atoms. The van der Waals surface area contributed by atoms with Crippen LogP contribution in [0.15, 0.2) is 66.0 Å². The first-order valence-corrected chi connectivity index (χ1v) is 11.1. The van der Waals surface area contributed by atoms with Crippen molar-refractivity contribution in [3.8, 4) is 10.6 Å². The minimum absolute atomic E-state index is 0.247. The van der Waals surface area contributed by atoms with Crippen LogP contribution in [0.4, 0.5) is 5.69 Å². The Bertz CT molecular complexity index is 1270. The Labute approximate surface area is 194 Å². The summed E-state index contributed by atoms with van der Waals surface area (Å²) in [6.07, 6.45) is 0. The molecule has 0 spiro atoms. The molecule has 0 aliphatic rings. The molecule has 0 aliphatic carbocycles. The largest absolute Gasteiger partial charge is 0.383 e. The van der Waals surface area contributed by atoms with Crippen molar-refractivity contribution in [2.24, 2.45) is 0 Å². The fourth-order valence-electron chi connectivity index (χ4n) is 3.25. The van der Waals surface area contributed by atoms with Gasteiger partial charge in [0.15, 0.2) is 0 Å². The van der Waals surface area contributed by atoms with Crippen LogP contribution in [0.2, 0.25) is 5.02 Å². The molecule has 2 aromatic carbocycles. The molecule has 0 saturated carbocycles. The fourth-order valence-corrected chi connectivity index (χ4v) is 4.20. The number of nitrogens with one attached hydrogen (secondary N) is 2. The van der Waals surface area contributed by atoms with Gasteiger partial charge < -0.3 is 15.4 Å². The van der Waals surface area contributed by atoms with Crippen molar-refractivity contribution in [2.45, 2.75) is 0 Å². The van der Waals surface area contributed by atoms with Gasteiger partial charge in [0.2, 0.25) is 0 Å². The van der Waals surface area contributed by atoms with Gasteiger partial charge in [-0.15, -0.1) is 11.3 Å². The van der Waals surface area contributed by atoms with Crippen LogP contribution in [0.25, 0.3) is 21.5 Å². The fraction of sp³-hybridized carbons (Fsp3) is 0.125. The standard InChI is InChI=1S/C24H20ClN3O3S/c1-31-11-10-26-23(29)17-9-8-15(13-19(17)25)27-24(30)18-14-21(22-7-4-12-32-22)28-20-6-3-2-5-16(18)20/h2-9,12-14H,10-11H2,1H3,(H,26,29)(H,27,30). The molecule has 0 unspecified atom stereocenters. The van der Waals surface area contributed by atoms with Crippen molar-refractivity contribution < 1.29 is 14.3 Å². The molecule has 4 rings (SSSR count). The number of pyridine rings is 1. The van der Waals surface area contributed by atoms with Crippen LogP contribution in [0.3, 0.4) is 0 Å². The molecule has 2 aromatic heterocycles. The van der Waals surface area contributed by atoms with Crippen LogP contribution < -0.4 is 10.6 Å². The normalized spacial score (nSPS) is 10.8. The molecule has 0 atom stereocenters. The summed E-state index contributed by atoms with van der Waals surface area (Å²) in [5, 5.41) is 8.58. The number of aromatic nitrogens is 1. The molecule has 2 N–H and O–H groups in total. The molecular weight excluding hydrogens is 446 g/mol. The molecule has 0 bridgehead atoms. The number of rotatable bonds is 7. The molecule has 0 saturated heterocycles. The van der Waals surface area contributed by atoms with Crippen molar-refractivity contribution in [1.82, 2.24) is 10.3 Å². The lowest BCUT2D eigenvalue weighted by Gasteiger charge is -2.11. The second kappa shape index (κ2) is 9.91. The first kappa shape index (κ1) is 22.0. The Hall–Kier alpha value is -3.26. The Morgan fingerprint density at radius 1 is 1.03 bits per heavy atom. The number of methoxy groups -OCH3 is 1. The quantitative estimate of drug-likeness (QED) is 0.365. The Balaban J connectivity index is 1.60. The third kappa shape index (κ3) is 4.80. The third-order valence-electron chi connectivity index (χ3n) is 4.80. The minimum atomic E-state index is -0.300. The molecule has 162 valence electrons. The molecule has 2 amide bonds. The third-order valence-corrected chi connectivity index (χ3v) is 6.00. The maximum absolute atomic E-state index is 13.2. The van der Waals surface area contributed by atoms with Gasteiger partial charge in [0.25, 0.3) is 11.8 Å². The zero-order valence-corrected chi connectivity index (χ0v) is 18.8. The zero-order valence-electron chi connectivity index (χ0n) is 17.2. The van der Waals surface area contributed by atoms with Crippen LogP contribution in [-0.2, 0) is 4.74 Å². The van der Waals surface area contributed by atoms with Gasteiger partial charge in [0.1, 0.15) is 0 Å². The van der Waals surface area contributed by atoms with Crippen LogP contribution in [0.5, 0.6) is 0 Å². The number of benzene rings is 2. The van der Waals surface area contributed by atoms with Crippen LogP contribution in [0.1, 0.15) is 20.7 Å². The summed E-state index contributed by atoms with van der Waals surface area (Å²) in [7, 11) is 1.56. The van der Waals surface area contributed by atoms with Gasteiger partial charge in [-0.2, -0.15) is 0 Å². The molecule has 6 nitrogen and oxygen atoms in total. The number of amides is 2. The molecule has 4 aromatic rings. The summed E-state index contributed by atoms with van der Waals surface area (Å²) in [6, 6.07) is 18.0. The number of halogens is 1. The monoisotopic (exact) mass is 465 g/mol. The van der Waals surface area contributed by atoms with E-state index >= 15 is 0 Å². The lowest BCUT2D eigenvalue weighted by molar-refractivity contribution is 0.0937. The van der Waals surface area contributed by atoms with Gasteiger partial charge >= 0.3 is 0 Å². The first-order chi connectivity index (χ1) is 15.6. The number of nitrogens with zero attached hydrogens (tertiary/aromatic N) is 1. The van der Waals surface area contributed by atoms with Gasteiger partial charge in [0, 0.05) is 24.7 Å². The molecule has 0 fully saturated rings. The van der Waals surface area contributed by atoms with E-state index in [1.165, 1.54) is 0 Å². The van der Waals surface area contributed by atoms with Gasteiger partial charge in [-0.3, -0.25) is 9.59 Å². The zero-order chi connectivity index (χ0) is 22.5. The summed E-state index contributed by atoms with van der Waals surface area (Å²) >= 11 is 7.87. The number of anilines is 1. The van der Waals surface area contributed by atoms with E-state index in [1.54, 1.807) is 42.7 Å². The van der Waals surface area contributed by atoms with Crippen molar-refractivity contribution in [3.05, 3.63) is 82.2 Å². The lowest BCUT2D eigenvalue weighted by Crippen LogP contribution is -2.27. The number of carbonyl (C=O) groups excluding carboxylic acids is 2. The van der Waals surface area contributed by atoms with Crippen molar-refractivity contribution >= 4 is 51.3 Å². The second-order valence-corrected chi connectivity index (χ2v) is 8.30. The summed E-state index contributed by atoms with van der Waals surface area (Å²) in [4.78, 5) is 31.1. The van der Waals surface area contributed by atoms with E-state index in [-0.39, 0.29) is 16.8 Å². The summed E-state index contributed by atoms with van der Waals surface area (Å²) in [5.41, 5.74) is 2.81. The number of thiophene rings is 1. The highest BCUT2D eigenvalue weighted by Gasteiger charge is 2.16. The van der Waals surface area contributed by atoms with E-state index in [0.29, 0.717) is 30.0 Å². The molecule has 0 radical (unpaired) electrons. The molecule has 2 heterocycles. The first-order valence-electron chi connectivity index (χ1n) is 9.88. The van der Waals surface area contributed by atoms with E-state index in [2.05, 4.69) is 10.6 Å². The van der Waals surface area contributed by atoms with E-state index in [0.717, 1.165) is 21.5 Å². The van der Waals surface area contributed by atoms with Gasteiger partial charge in [0.05, 0.1) is 38.8 Å². The Morgan fingerprint density at radius 2 is 1.88 bits per heavy atom. The number of hydrogen-bond donors (Lipinski definition) is 2. The maximum atomic E-state index is 13.2. The number of fused-ring (bicyclic) bond motifs is 1. The van der Waals surface area contributed by atoms with E-state index in [1.807, 2.05) is 41.8 Å². The van der Waals surface area contributed by atoms with Gasteiger partial charge in [-0.05, 0) is 41.8 Å². The summed E-state index contributed by atoms with van der Waals surface area (Å²) < 4.78 is 4.93. The van der Waals surface area contributed by atoms with Gasteiger partial charge in [-0.25, -0.2) is 4.98 Å². The van der Waals surface area contributed by atoms with Crippen LogP contribution >= 0.6 is 22.9 Å². The predicted octanol–water partition coefficient (Wildman–Crippen LogP) is 5.25. The highest BCUT2D eigenvalue weighted by atomic mass is 35.5. The molecule has 0 aliphatic heterocycles. The molecule has 8 heteroatoms. The summed E-state index contributed by atoms with van der Waals surface area (Å²) in [6.45, 7) is 0.788. The number of hydrogen-bond acceptors (Lipinski definition) is 5. The Morgan fingerprint density at radius 3 is 2.62 bits per heavy atom.